The van der Waals surface area contributed by atoms with Crippen molar-refractivity contribution in [2.24, 2.45) is 11.7 Å². The van der Waals surface area contributed by atoms with Gasteiger partial charge in [0.1, 0.15) is 0 Å². The third kappa shape index (κ3) is 2.47. The van der Waals surface area contributed by atoms with Gasteiger partial charge < -0.3 is 15.9 Å². The van der Waals surface area contributed by atoms with Crippen molar-refractivity contribution < 1.29 is 15.1 Å². The zero-order valence-electron chi connectivity index (χ0n) is 9.41. The monoisotopic (exact) mass is 316 g/mol. The number of phenols is 1. The molecule has 1 aromatic carbocycles. The molecule has 0 aromatic heterocycles. The number of nitrogens with zero attached hydrogens (tertiary/aromatic N) is 1. The highest BCUT2D eigenvalue weighted by Crippen LogP contribution is 2.42. The van der Waals surface area contributed by atoms with Crippen molar-refractivity contribution in [2.75, 3.05) is 0 Å². The fourth-order valence-electron chi connectivity index (χ4n) is 1.91. The number of aliphatic hydroxyl groups excluding tert-OH is 1. The normalized spacial score (nSPS) is 18.4. The Hall–Kier alpha value is -1.18. The number of rotatable bonds is 4. The predicted molar refractivity (Wildman–Crippen MR) is 68.1 cm³/mol. The van der Waals surface area contributed by atoms with E-state index in [0.717, 1.165) is 12.8 Å². The Morgan fingerprint density at radius 3 is 2.61 bits per heavy atom. The van der Waals surface area contributed by atoms with Crippen molar-refractivity contribution in [1.82, 2.24) is 0 Å². The van der Waals surface area contributed by atoms with Crippen LogP contribution >= 0.6 is 15.9 Å². The first-order chi connectivity index (χ1) is 8.41. The zero-order chi connectivity index (χ0) is 13.4. The van der Waals surface area contributed by atoms with Crippen LogP contribution < -0.4 is 5.73 Å². The van der Waals surface area contributed by atoms with Gasteiger partial charge in [-0.15, -0.1) is 0 Å². The molecule has 0 unspecified atom stereocenters. The lowest BCUT2D eigenvalue weighted by Crippen LogP contribution is -2.28. The summed E-state index contributed by atoms with van der Waals surface area (Å²) in [5.74, 6) is -0.354. The summed E-state index contributed by atoms with van der Waals surface area (Å²) < 4.78 is 0.445. The Labute approximate surface area is 112 Å². The maximum atomic E-state index is 10.8. The summed E-state index contributed by atoms with van der Waals surface area (Å²) in [6.07, 6.45) is 1.00. The molecular weight excluding hydrogens is 304 g/mol. The quantitative estimate of drug-likeness (QED) is 0.580. The van der Waals surface area contributed by atoms with Gasteiger partial charge in [0, 0.05) is 16.1 Å². The van der Waals surface area contributed by atoms with Crippen molar-refractivity contribution in [3.63, 3.8) is 0 Å². The Balaban J connectivity index is 2.39. The molecule has 1 saturated carbocycles. The van der Waals surface area contributed by atoms with Gasteiger partial charge in [-0.2, -0.15) is 0 Å². The minimum atomic E-state index is -0.825. The highest BCUT2D eigenvalue weighted by atomic mass is 79.9. The van der Waals surface area contributed by atoms with Gasteiger partial charge in [0.2, 0.25) is 0 Å². The maximum absolute atomic E-state index is 10.8. The molecule has 2 rings (SSSR count). The van der Waals surface area contributed by atoms with Gasteiger partial charge in [-0.25, -0.2) is 0 Å². The van der Waals surface area contributed by atoms with Gasteiger partial charge in [0.05, 0.1) is 17.1 Å². The molecule has 1 aromatic rings. The number of aromatic hydroxyl groups is 1. The minimum Gasteiger partial charge on any atom is -0.502 e. The van der Waals surface area contributed by atoms with Gasteiger partial charge in [-0.3, -0.25) is 10.1 Å². The van der Waals surface area contributed by atoms with Crippen LogP contribution in [0.15, 0.2) is 16.6 Å². The first-order valence-electron chi connectivity index (χ1n) is 5.52. The van der Waals surface area contributed by atoms with E-state index in [1.54, 1.807) is 0 Å². The molecule has 0 radical (unpaired) electrons. The molecule has 1 fully saturated rings. The van der Waals surface area contributed by atoms with Crippen LogP contribution in [0.1, 0.15) is 24.4 Å². The molecular formula is C11H13BrN2O4. The number of hydrogen-bond acceptors (Lipinski definition) is 5. The summed E-state index contributed by atoms with van der Waals surface area (Å²) in [7, 11) is 0. The summed E-state index contributed by atoms with van der Waals surface area (Å²) >= 11 is 3.13. The largest absolute Gasteiger partial charge is 0.502 e. The Morgan fingerprint density at radius 2 is 2.11 bits per heavy atom. The highest BCUT2D eigenvalue weighted by molar-refractivity contribution is 9.10. The van der Waals surface area contributed by atoms with Gasteiger partial charge >= 0.3 is 5.69 Å². The SMILES string of the molecule is N[C@@H](c1cc(Br)cc([N+](=O)[O-])c1O)[C@H](O)C1CC1. The molecule has 1 aliphatic rings. The van der Waals surface area contributed by atoms with E-state index in [4.69, 9.17) is 5.73 Å². The number of phenolic OH excluding ortho intramolecular Hbond substituents is 1. The smallest absolute Gasteiger partial charge is 0.312 e. The second-order valence-electron chi connectivity index (χ2n) is 4.47. The van der Waals surface area contributed by atoms with Crippen LogP contribution in [-0.4, -0.2) is 21.2 Å². The van der Waals surface area contributed by atoms with Crippen LogP contribution in [0.2, 0.25) is 0 Å². The number of nitro benzene ring substituents is 1. The van der Waals surface area contributed by atoms with Crippen molar-refractivity contribution in [1.29, 1.82) is 0 Å². The molecule has 2 atom stereocenters. The van der Waals surface area contributed by atoms with Crippen molar-refractivity contribution >= 4 is 21.6 Å². The standard InChI is InChI=1S/C11H13BrN2O4/c12-6-3-7(9(13)10(15)5-1-2-5)11(16)8(4-6)14(17)18/h3-5,9-10,15-16H,1-2,13H2/t9-,10+/m0/s1. The number of nitro groups is 1. The molecule has 6 nitrogen and oxygen atoms in total. The van der Waals surface area contributed by atoms with Gasteiger partial charge in [-0.1, -0.05) is 15.9 Å². The van der Waals surface area contributed by atoms with Crippen LogP contribution in [0.3, 0.4) is 0 Å². The fourth-order valence-corrected chi connectivity index (χ4v) is 2.38. The minimum absolute atomic E-state index is 0.123. The van der Waals surface area contributed by atoms with Crippen molar-refractivity contribution in [3.05, 3.63) is 32.3 Å². The molecule has 98 valence electrons. The molecule has 0 heterocycles. The van der Waals surface area contributed by atoms with E-state index < -0.39 is 28.5 Å². The molecule has 7 heteroatoms. The highest BCUT2D eigenvalue weighted by Gasteiger charge is 2.36. The fraction of sp³-hybridized carbons (Fsp3) is 0.455. The third-order valence-electron chi connectivity index (χ3n) is 3.11. The van der Waals surface area contributed by atoms with Crippen LogP contribution in [0.5, 0.6) is 5.75 Å². The average molecular weight is 317 g/mol. The van der Waals surface area contributed by atoms with Crippen LogP contribution in [0.25, 0.3) is 0 Å². The lowest BCUT2D eigenvalue weighted by Gasteiger charge is -2.19. The van der Waals surface area contributed by atoms with Crippen molar-refractivity contribution in [3.8, 4) is 5.75 Å². The average Bonchev–Trinajstić information content (AvgIpc) is 3.13. The summed E-state index contributed by atoms with van der Waals surface area (Å²) in [6, 6.07) is 1.88. The van der Waals surface area contributed by atoms with E-state index in [1.807, 2.05) is 0 Å². The number of aliphatic hydroxyl groups is 1. The lowest BCUT2D eigenvalue weighted by molar-refractivity contribution is -0.386. The first-order valence-corrected chi connectivity index (χ1v) is 6.31. The van der Waals surface area contributed by atoms with E-state index in [0.29, 0.717) is 4.47 Å². The maximum Gasteiger partial charge on any atom is 0.312 e. The number of nitrogens with two attached hydrogens (primary N) is 1. The van der Waals surface area contributed by atoms with Crippen LogP contribution in [0, 0.1) is 16.0 Å². The molecule has 1 aliphatic carbocycles. The molecule has 0 spiro atoms. The second-order valence-corrected chi connectivity index (χ2v) is 5.39. The predicted octanol–water partition coefficient (Wildman–Crippen LogP) is 1.83. The van der Waals surface area contributed by atoms with E-state index in [1.165, 1.54) is 12.1 Å². The molecule has 4 N–H and O–H groups in total. The summed E-state index contributed by atoms with van der Waals surface area (Å²) in [5, 5.41) is 30.6. The molecule has 0 aliphatic heterocycles. The summed E-state index contributed by atoms with van der Waals surface area (Å²) in [4.78, 5) is 10.1. The van der Waals surface area contributed by atoms with Gasteiger partial charge in [0.15, 0.2) is 5.75 Å². The zero-order valence-corrected chi connectivity index (χ0v) is 11.0. The van der Waals surface area contributed by atoms with E-state index in [2.05, 4.69) is 15.9 Å². The topological polar surface area (TPSA) is 110 Å². The number of halogens is 1. The number of hydrogen-bond donors (Lipinski definition) is 3. The van der Waals surface area contributed by atoms with Gasteiger partial charge in [-0.05, 0) is 24.8 Å². The third-order valence-corrected chi connectivity index (χ3v) is 3.57. The Bertz CT molecular complexity index is 490. The number of benzene rings is 1. The Morgan fingerprint density at radius 1 is 1.50 bits per heavy atom. The first kappa shape index (κ1) is 13.3. The molecule has 0 amide bonds. The van der Waals surface area contributed by atoms with Crippen LogP contribution in [-0.2, 0) is 0 Å². The van der Waals surface area contributed by atoms with Crippen molar-refractivity contribution in [2.45, 2.75) is 25.0 Å². The van der Waals surface area contributed by atoms with E-state index >= 15 is 0 Å². The summed E-state index contributed by atoms with van der Waals surface area (Å²) in [6.45, 7) is 0. The van der Waals surface area contributed by atoms with E-state index in [9.17, 15) is 20.3 Å². The van der Waals surface area contributed by atoms with Gasteiger partial charge in [0.25, 0.3) is 0 Å². The van der Waals surface area contributed by atoms with Crippen LogP contribution in [0.4, 0.5) is 5.69 Å². The molecule has 0 saturated heterocycles. The molecule has 18 heavy (non-hydrogen) atoms. The Kier molecular flexibility index (Phi) is 3.56. The second kappa shape index (κ2) is 4.83. The lowest BCUT2D eigenvalue weighted by atomic mass is 9.97. The van der Waals surface area contributed by atoms with E-state index in [-0.39, 0.29) is 11.5 Å². The summed E-state index contributed by atoms with van der Waals surface area (Å²) in [5.41, 5.74) is 5.64. The molecule has 0 bridgehead atoms.